The van der Waals surface area contributed by atoms with E-state index < -0.39 is 11.7 Å². The predicted octanol–water partition coefficient (Wildman–Crippen LogP) is 3.51. The molecule has 0 fully saturated rings. The molecular weight excluding hydrogens is 295 g/mol. The Morgan fingerprint density at radius 3 is 2.55 bits per heavy atom. The van der Waals surface area contributed by atoms with E-state index in [2.05, 4.69) is 4.98 Å². The summed E-state index contributed by atoms with van der Waals surface area (Å²) in [6.07, 6.45) is -0.942. The summed E-state index contributed by atoms with van der Waals surface area (Å²) in [6, 6.07) is 8.03. The van der Waals surface area contributed by atoms with Gasteiger partial charge in [0.1, 0.15) is 18.0 Å². The summed E-state index contributed by atoms with van der Waals surface area (Å²) in [4.78, 5) is 4.19. The van der Waals surface area contributed by atoms with Gasteiger partial charge in [0, 0.05) is 18.0 Å². The summed E-state index contributed by atoms with van der Waals surface area (Å²) in [6.45, 7) is 0.191. The van der Waals surface area contributed by atoms with Gasteiger partial charge < -0.3 is 14.9 Å². The first kappa shape index (κ1) is 14.2. The average Bonchev–Trinajstić information content (AvgIpc) is 2.87. The highest BCUT2D eigenvalue weighted by atomic mass is 19.4. The topological polar surface area (TPSA) is 52.5 Å². The molecule has 2 heterocycles. The van der Waals surface area contributed by atoms with Gasteiger partial charge in [-0.3, -0.25) is 0 Å². The molecule has 0 spiro atoms. The maximum absolute atomic E-state index is 12.5. The van der Waals surface area contributed by atoms with E-state index in [1.54, 1.807) is 28.9 Å². The molecule has 0 unspecified atom stereocenters. The lowest BCUT2D eigenvalue weighted by atomic mass is 10.2. The molecule has 4 nitrogen and oxygen atoms in total. The number of aromatic nitrogens is 2. The molecule has 0 aliphatic rings. The van der Waals surface area contributed by atoms with Crippen molar-refractivity contribution in [1.82, 2.24) is 9.38 Å². The zero-order chi connectivity index (χ0) is 15.7. The zero-order valence-electron chi connectivity index (χ0n) is 11.3. The predicted molar refractivity (Wildman–Crippen MR) is 75.4 cm³/mol. The van der Waals surface area contributed by atoms with Crippen LogP contribution in [0.4, 0.5) is 18.9 Å². The number of fused-ring (bicyclic) bond motifs is 1. The van der Waals surface area contributed by atoms with Crippen molar-refractivity contribution >= 4 is 11.3 Å². The van der Waals surface area contributed by atoms with Gasteiger partial charge in [0.25, 0.3) is 0 Å². The highest BCUT2D eigenvalue weighted by molar-refractivity contribution is 5.52. The molecule has 3 rings (SSSR count). The Morgan fingerprint density at radius 1 is 1.14 bits per heavy atom. The summed E-state index contributed by atoms with van der Waals surface area (Å²) >= 11 is 0. The van der Waals surface area contributed by atoms with Crippen LogP contribution < -0.4 is 10.5 Å². The molecule has 3 aromatic rings. The Morgan fingerprint density at radius 2 is 1.86 bits per heavy atom. The number of halogens is 3. The third-order valence-electron chi connectivity index (χ3n) is 3.18. The van der Waals surface area contributed by atoms with Gasteiger partial charge in [-0.25, -0.2) is 4.98 Å². The van der Waals surface area contributed by atoms with Crippen molar-refractivity contribution in [2.24, 2.45) is 0 Å². The SMILES string of the molecule is Nc1ccn2c(COc3ccc(C(F)(F)F)cc3)cnc2c1. The number of rotatable bonds is 3. The number of hydrogen-bond acceptors (Lipinski definition) is 3. The van der Waals surface area contributed by atoms with Gasteiger partial charge in [-0.1, -0.05) is 0 Å². The van der Waals surface area contributed by atoms with E-state index in [4.69, 9.17) is 10.5 Å². The van der Waals surface area contributed by atoms with Crippen LogP contribution in [0.1, 0.15) is 11.3 Å². The second-order valence-corrected chi connectivity index (χ2v) is 4.75. The minimum absolute atomic E-state index is 0.191. The number of nitrogens with zero attached hydrogens (tertiary/aromatic N) is 2. The second-order valence-electron chi connectivity index (χ2n) is 4.75. The van der Waals surface area contributed by atoms with Crippen LogP contribution in [0.2, 0.25) is 0 Å². The molecule has 0 amide bonds. The van der Waals surface area contributed by atoms with Crippen molar-refractivity contribution in [1.29, 1.82) is 0 Å². The Labute approximate surface area is 124 Å². The molecule has 0 saturated carbocycles. The molecule has 2 N–H and O–H groups in total. The first-order chi connectivity index (χ1) is 10.4. The van der Waals surface area contributed by atoms with Gasteiger partial charge in [-0.15, -0.1) is 0 Å². The number of pyridine rings is 1. The molecular formula is C15H12F3N3O. The zero-order valence-corrected chi connectivity index (χ0v) is 11.3. The molecule has 0 aliphatic heterocycles. The van der Waals surface area contributed by atoms with Crippen molar-refractivity contribution < 1.29 is 17.9 Å². The van der Waals surface area contributed by atoms with E-state index >= 15 is 0 Å². The fraction of sp³-hybridized carbons (Fsp3) is 0.133. The molecule has 22 heavy (non-hydrogen) atoms. The van der Waals surface area contributed by atoms with E-state index in [0.717, 1.165) is 17.8 Å². The lowest BCUT2D eigenvalue weighted by molar-refractivity contribution is -0.137. The summed E-state index contributed by atoms with van der Waals surface area (Å²) in [5, 5.41) is 0. The van der Waals surface area contributed by atoms with E-state index in [9.17, 15) is 13.2 Å². The molecule has 0 aliphatic carbocycles. The number of hydrogen-bond donors (Lipinski definition) is 1. The standard InChI is InChI=1S/C15H12F3N3O/c16-15(17,18)10-1-3-13(4-2-10)22-9-12-8-20-14-7-11(19)5-6-21(12)14/h1-8H,9,19H2. The van der Waals surface area contributed by atoms with Crippen LogP contribution in [0.5, 0.6) is 5.75 Å². The van der Waals surface area contributed by atoms with Gasteiger partial charge in [0.15, 0.2) is 0 Å². The smallest absolute Gasteiger partial charge is 0.416 e. The van der Waals surface area contributed by atoms with Crippen LogP contribution >= 0.6 is 0 Å². The van der Waals surface area contributed by atoms with E-state index in [-0.39, 0.29) is 6.61 Å². The van der Waals surface area contributed by atoms with Crippen LogP contribution in [-0.4, -0.2) is 9.38 Å². The first-order valence-corrected chi connectivity index (χ1v) is 6.45. The van der Waals surface area contributed by atoms with Crippen LogP contribution in [0.3, 0.4) is 0 Å². The van der Waals surface area contributed by atoms with E-state index in [1.807, 2.05) is 0 Å². The largest absolute Gasteiger partial charge is 0.487 e. The Kier molecular flexibility index (Phi) is 3.40. The van der Waals surface area contributed by atoms with Crippen molar-refractivity contribution in [2.75, 3.05) is 5.73 Å². The molecule has 2 aromatic heterocycles. The normalized spacial score (nSPS) is 11.8. The summed E-state index contributed by atoms with van der Waals surface area (Å²) < 4.78 is 44.7. The quantitative estimate of drug-likeness (QED) is 0.805. The highest BCUT2D eigenvalue weighted by Crippen LogP contribution is 2.30. The van der Waals surface area contributed by atoms with Crippen molar-refractivity contribution in [2.45, 2.75) is 12.8 Å². The number of imidazole rings is 1. The van der Waals surface area contributed by atoms with Crippen LogP contribution in [0.15, 0.2) is 48.8 Å². The maximum atomic E-state index is 12.5. The lowest BCUT2D eigenvalue weighted by Gasteiger charge is -2.09. The van der Waals surface area contributed by atoms with E-state index in [0.29, 0.717) is 17.1 Å². The first-order valence-electron chi connectivity index (χ1n) is 6.45. The fourth-order valence-corrected chi connectivity index (χ4v) is 2.05. The van der Waals surface area contributed by atoms with Gasteiger partial charge in [-0.05, 0) is 30.3 Å². The van der Waals surface area contributed by atoms with Crippen LogP contribution in [0.25, 0.3) is 5.65 Å². The van der Waals surface area contributed by atoms with Crippen LogP contribution in [-0.2, 0) is 12.8 Å². The Bertz CT molecular complexity index is 794. The number of ether oxygens (including phenoxy) is 1. The highest BCUT2D eigenvalue weighted by Gasteiger charge is 2.30. The molecule has 1 aromatic carbocycles. The number of nitrogens with two attached hydrogens (primary N) is 1. The number of benzene rings is 1. The summed E-state index contributed by atoms with van der Waals surface area (Å²) in [5.41, 5.74) is 7.03. The average molecular weight is 307 g/mol. The molecule has 0 saturated heterocycles. The summed E-state index contributed by atoms with van der Waals surface area (Å²) in [7, 11) is 0. The molecule has 0 atom stereocenters. The summed E-state index contributed by atoms with van der Waals surface area (Å²) in [5.74, 6) is 0.360. The maximum Gasteiger partial charge on any atom is 0.416 e. The third kappa shape index (κ3) is 2.83. The van der Waals surface area contributed by atoms with Crippen LogP contribution in [0, 0.1) is 0 Å². The molecule has 0 radical (unpaired) electrons. The minimum Gasteiger partial charge on any atom is -0.487 e. The van der Waals surface area contributed by atoms with Gasteiger partial charge >= 0.3 is 6.18 Å². The van der Waals surface area contributed by atoms with Gasteiger partial charge in [0.05, 0.1) is 17.5 Å². The lowest BCUT2D eigenvalue weighted by Crippen LogP contribution is -2.04. The number of nitrogen functional groups attached to an aromatic ring is 1. The fourth-order valence-electron chi connectivity index (χ4n) is 2.05. The third-order valence-corrected chi connectivity index (χ3v) is 3.18. The number of alkyl halides is 3. The second kappa shape index (κ2) is 5.25. The number of anilines is 1. The Hall–Kier alpha value is -2.70. The van der Waals surface area contributed by atoms with E-state index in [1.165, 1.54) is 12.1 Å². The molecule has 0 bridgehead atoms. The molecule has 7 heteroatoms. The van der Waals surface area contributed by atoms with Gasteiger partial charge in [0.2, 0.25) is 0 Å². The Balaban J connectivity index is 1.74. The van der Waals surface area contributed by atoms with Gasteiger partial charge in [-0.2, -0.15) is 13.2 Å². The monoisotopic (exact) mass is 307 g/mol. The van der Waals surface area contributed by atoms with Crippen molar-refractivity contribution in [3.8, 4) is 5.75 Å². The molecule has 114 valence electrons. The van der Waals surface area contributed by atoms with Crippen molar-refractivity contribution in [3.05, 3.63) is 60.0 Å². The van der Waals surface area contributed by atoms with Crippen molar-refractivity contribution in [3.63, 3.8) is 0 Å². The minimum atomic E-state index is -4.35.